The number of hydrogen-bond donors (Lipinski definition) is 0. The molecule has 0 heterocycles. The molecule has 1 aliphatic rings. The minimum absolute atomic E-state index is 0.0452. The third-order valence-corrected chi connectivity index (χ3v) is 3.31. The zero-order valence-corrected chi connectivity index (χ0v) is 11.4. The van der Waals surface area contributed by atoms with E-state index in [1.54, 1.807) is 0 Å². The molecule has 1 fully saturated rings. The van der Waals surface area contributed by atoms with Crippen molar-refractivity contribution in [2.24, 2.45) is 17.8 Å². The highest BCUT2D eigenvalue weighted by molar-refractivity contribution is 5.73. The molecule has 17 heavy (non-hydrogen) atoms. The second kappa shape index (κ2) is 7.70. The van der Waals surface area contributed by atoms with Gasteiger partial charge >= 0.3 is 5.97 Å². The average Bonchev–Trinajstić information content (AvgIpc) is 2.77. The molecule has 0 bridgehead atoms. The Morgan fingerprint density at radius 1 is 1.24 bits per heavy atom. The smallest absolute Gasteiger partial charge is 0.311 e. The normalized spacial score (nSPS) is 18.6. The second-order valence-corrected chi connectivity index (χ2v) is 5.33. The standard InChI is InChI=1S/C14H26O3/c1-4-17-14(15)13(10-16-9-11(2)3)12-7-5-6-8-12/h11-13H,4-10H2,1-3H3. The van der Waals surface area contributed by atoms with Gasteiger partial charge in [-0.3, -0.25) is 4.79 Å². The van der Waals surface area contributed by atoms with Crippen molar-refractivity contribution in [3.05, 3.63) is 0 Å². The van der Waals surface area contributed by atoms with Gasteiger partial charge in [0.1, 0.15) is 0 Å². The van der Waals surface area contributed by atoms with E-state index in [9.17, 15) is 4.79 Å². The summed E-state index contributed by atoms with van der Waals surface area (Å²) in [4.78, 5) is 11.9. The Bertz CT molecular complexity index is 220. The third kappa shape index (κ3) is 5.07. The first-order valence-electron chi connectivity index (χ1n) is 6.89. The number of ether oxygens (including phenoxy) is 2. The number of rotatable bonds is 7. The molecule has 0 spiro atoms. The molecule has 3 nitrogen and oxygen atoms in total. The summed E-state index contributed by atoms with van der Waals surface area (Å²) < 4.78 is 10.8. The van der Waals surface area contributed by atoms with Gasteiger partial charge in [0.15, 0.2) is 0 Å². The van der Waals surface area contributed by atoms with Gasteiger partial charge < -0.3 is 9.47 Å². The first-order valence-corrected chi connectivity index (χ1v) is 6.89. The molecule has 1 saturated carbocycles. The van der Waals surface area contributed by atoms with E-state index < -0.39 is 0 Å². The third-order valence-electron chi connectivity index (χ3n) is 3.31. The molecule has 1 aliphatic carbocycles. The lowest BCUT2D eigenvalue weighted by Crippen LogP contribution is -2.29. The molecule has 0 amide bonds. The van der Waals surface area contributed by atoms with Gasteiger partial charge in [-0.2, -0.15) is 0 Å². The molecule has 0 radical (unpaired) electrons. The van der Waals surface area contributed by atoms with Crippen LogP contribution < -0.4 is 0 Å². The lowest BCUT2D eigenvalue weighted by molar-refractivity contribution is -0.152. The Morgan fingerprint density at radius 3 is 2.41 bits per heavy atom. The van der Waals surface area contributed by atoms with E-state index in [0.29, 0.717) is 25.0 Å². The van der Waals surface area contributed by atoms with E-state index in [4.69, 9.17) is 9.47 Å². The first kappa shape index (κ1) is 14.5. The minimum Gasteiger partial charge on any atom is -0.466 e. The van der Waals surface area contributed by atoms with Crippen LogP contribution in [0.25, 0.3) is 0 Å². The highest BCUT2D eigenvalue weighted by Gasteiger charge is 2.31. The van der Waals surface area contributed by atoms with Gasteiger partial charge in [0.25, 0.3) is 0 Å². The molecule has 3 heteroatoms. The second-order valence-electron chi connectivity index (χ2n) is 5.33. The van der Waals surface area contributed by atoms with Crippen LogP contribution in [0.2, 0.25) is 0 Å². The summed E-state index contributed by atoms with van der Waals surface area (Å²) >= 11 is 0. The van der Waals surface area contributed by atoms with E-state index in [0.717, 1.165) is 19.4 Å². The van der Waals surface area contributed by atoms with Crippen molar-refractivity contribution < 1.29 is 14.3 Å². The highest BCUT2D eigenvalue weighted by Crippen LogP contribution is 2.32. The van der Waals surface area contributed by atoms with Crippen LogP contribution in [0.15, 0.2) is 0 Å². The summed E-state index contributed by atoms with van der Waals surface area (Å²) in [5.41, 5.74) is 0. The maximum Gasteiger partial charge on any atom is 0.311 e. The summed E-state index contributed by atoms with van der Waals surface area (Å²) in [6.07, 6.45) is 4.78. The van der Waals surface area contributed by atoms with Gasteiger partial charge in [-0.15, -0.1) is 0 Å². The molecule has 0 aromatic heterocycles. The minimum atomic E-state index is -0.0665. The van der Waals surface area contributed by atoms with Gasteiger partial charge in [-0.1, -0.05) is 26.7 Å². The molecule has 1 unspecified atom stereocenters. The van der Waals surface area contributed by atoms with Crippen LogP contribution in [0.4, 0.5) is 0 Å². The van der Waals surface area contributed by atoms with Crippen molar-refractivity contribution in [2.75, 3.05) is 19.8 Å². The van der Waals surface area contributed by atoms with E-state index in [2.05, 4.69) is 13.8 Å². The molecule has 0 aliphatic heterocycles. The Balaban J connectivity index is 2.43. The van der Waals surface area contributed by atoms with Crippen molar-refractivity contribution in [3.63, 3.8) is 0 Å². The van der Waals surface area contributed by atoms with Crippen LogP contribution >= 0.6 is 0 Å². The van der Waals surface area contributed by atoms with E-state index in [-0.39, 0.29) is 11.9 Å². The fourth-order valence-corrected chi connectivity index (χ4v) is 2.44. The van der Waals surface area contributed by atoms with Gasteiger partial charge in [-0.05, 0) is 31.6 Å². The Hall–Kier alpha value is -0.570. The Kier molecular flexibility index (Phi) is 6.56. The van der Waals surface area contributed by atoms with Crippen molar-refractivity contribution in [1.82, 2.24) is 0 Å². The fraction of sp³-hybridized carbons (Fsp3) is 0.929. The molecule has 1 rings (SSSR count). The molecule has 0 aromatic rings. The van der Waals surface area contributed by atoms with E-state index in [1.807, 2.05) is 6.92 Å². The first-order chi connectivity index (χ1) is 8.15. The molecular formula is C14H26O3. The number of hydrogen-bond acceptors (Lipinski definition) is 3. The zero-order valence-electron chi connectivity index (χ0n) is 11.4. The van der Waals surface area contributed by atoms with Crippen LogP contribution in [0.1, 0.15) is 46.5 Å². The SMILES string of the molecule is CCOC(=O)C(COCC(C)C)C1CCCC1. The predicted molar refractivity (Wildman–Crippen MR) is 67.7 cm³/mol. The van der Waals surface area contributed by atoms with Gasteiger partial charge in [0.05, 0.1) is 19.1 Å². The monoisotopic (exact) mass is 242 g/mol. The quantitative estimate of drug-likeness (QED) is 0.644. The number of carbonyl (C=O) groups is 1. The van der Waals surface area contributed by atoms with Gasteiger partial charge in [0, 0.05) is 6.61 Å². The van der Waals surface area contributed by atoms with Crippen molar-refractivity contribution in [2.45, 2.75) is 46.5 Å². The highest BCUT2D eigenvalue weighted by atomic mass is 16.5. The lowest BCUT2D eigenvalue weighted by Gasteiger charge is -2.22. The summed E-state index contributed by atoms with van der Waals surface area (Å²) in [6, 6.07) is 0. The van der Waals surface area contributed by atoms with E-state index in [1.165, 1.54) is 12.8 Å². The maximum atomic E-state index is 11.9. The summed E-state index contributed by atoms with van der Waals surface area (Å²) in [6.45, 7) is 7.82. The number of carbonyl (C=O) groups excluding carboxylic acids is 1. The van der Waals surface area contributed by atoms with Crippen molar-refractivity contribution >= 4 is 5.97 Å². The lowest BCUT2D eigenvalue weighted by atomic mass is 9.91. The van der Waals surface area contributed by atoms with Crippen LogP contribution in [-0.2, 0) is 14.3 Å². The van der Waals surface area contributed by atoms with E-state index >= 15 is 0 Å². The van der Waals surface area contributed by atoms with Crippen LogP contribution in [0.3, 0.4) is 0 Å². The maximum absolute atomic E-state index is 11.9. The Morgan fingerprint density at radius 2 is 1.88 bits per heavy atom. The molecule has 0 saturated heterocycles. The van der Waals surface area contributed by atoms with Gasteiger partial charge in [0.2, 0.25) is 0 Å². The molecule has 0 N–H and O–H groups in total. The topological polar surface area (TPSA) is 35.5 Å². The number of esters is 1. The zero-order chi connectivity index (χ0) is 12.7. The van der Waals surface area contributed by atoms with Gasteiger partial charge in [-0.25, -0.2) is 0 Å². The summed E-state index contributed by atoms with van der Waals surface area (Å²) in [5.74, 6) is 0.877. The van der Waals surface area contributed by atoms with Crippen LogP contribution in [-0.4, -0.2) is 25.8 Å². The van der Waals surface area contributed by atoms with Crippen LogP contribution in [0.5, 0.6) is 0 Å². The summed E-state index contributed by atoms with van der Waals surface area (Å²) in [5, 5.41) is 0. The molecule has 100 valence electrons. The summed E-state index contributed by atoms with van der Waals surface area (Å²) in [7, 11) is 0. The van der Waals surface area contributed by atoms with Crippen molar-refractivity contribution in [1.29, 1.82) is 0 Å². The molecule has 1 atom stereocenters. The predicted octanol–water partition coefficient (Wildman–Crippen LogP) is 3.03. The van der Waals surface area contributed by atoms with Crippen molar-refractivity contribution in [3.8, 4) is 0 Å². The fourth-order valence-electron chi connectivity index (χ4n) is 2.44. The molecule has 0 aromatic carbocycles. The average molecular weight is 242 g/mol. The largest absolute Gasteiger partial charge is 0.466 e. The van der Waals surface area contributed by atoms with Crippen LogP contribution in [0, 0.1) is 17.8 Å². The molecular weight excluding hydrogens is 216 g/mol. The Labute approximate surface area is 105 Å².